The lowest BCUT2D eigenvalue weighted by Crippen LogP contribution is -2.62. The molecule has 2 unspecified atom stereocenters. The van der Waals surface area contributed by atoms with Crippen molar-refractivity contribution >= 4 is 46.7 Å². The van der Waals surface area contributed by atoms with E-state index >= 15 is 0 Å². The second kappa shape index (κ2) is 13.0. The van der Waals surface area contributed by atoms with Gasteiger partial charge in [0, 0.05) is 18.1 Å². The Hall–Kier alpha value is -3.35. The number of amides is 5. The fourth-order valence-corrected chi connectivity index (χ4v) is 8.25. The van der Waals surface area contributed by atoms with E-state index < -0.39 is 59.1 Å². The quantitative estimate of drug-likeness (QED) is 0.197. The van der Waals surface area contributed by atoms with E-state index in [2.05, 4.69) is 34.8 Å². The standard InChI is InChI=1S/C33H48N6O6S/c1-32(2,3)26(38-31(45)37-22(18-9-7-6-8-10-18)25(41)29-35-13-14-46-29)30(44)39-16-19-21(33(19,4)5)23(39)28(43)36-20(15-17-11-12-17)24(40)27(34)42/h13-14,17-23,26H,6-12,15-16H2,1-5H3,(H2,34,42)(H,36,43)(H2,37,38,45)/t19?,20?,21-,22-,23-,26+/m0/s1. The zero-order valence-corrected chi connectivity index (χ0v) is 28.3. The average Bonchev–Trinajstić information content (AvgIpc) is 3.70. The molecule has 1 aromatic heterocycles. The van der Waals surface area contributed by atoms with Gasteiger partial charge in [-0.25, -0.2) is 9.78 Å². The number of likely N-dealkylation sites (tertiary alicyclic amines) is 1. The van der Waals surface area contributed by atoms with Crippen LogP contribution in [0, 0.1) is 34.5 Å². The van der Waals surface area contributed by atoms with Crippen LogP contribution in [0.3, 0.4) is 0 Å². The lowest BCUT2D eigenvalue weighted by molar-refractivity contribution is -0.145. The first-order valence-electron chi connectivity index (χ1n) is 16.6. The van der Waals surface area contributed by atoms with E-state index in [-0.39, 0.29) is 34.9 Å². The lowest BCUT2D eigenvalue weighted by Gasteiger charge is -2.38. The number of nitrogens with one attached hydrogen (secondary N) is 3. The Morgan fingerprint density at radius 1 is 1.02 bits per heavy atom. The number of ketones is 2. The Bertz CT molecular complexity index is 1360. The van der Waals surface area contributed by atoms with E-state index in [1.54, 1.807) is 11.6 Å². The summed E-state index contributed by atoms with van der Waals surface area (Å²) in [5.41, 5.74) is 4.37. The van der Waals surface area contributed by atoms with Crippen LogP contribution in [0.2, 0.25) is 0 Å². The van der Waals surface area contributed by atoms with Crippen molar-refractivity contribution in [3.8, 4) is 0 Å². The Balaban J connectivity index is 1.34. The fourth-order valence-electron chi connectivity index (χ4n) is 7.63. The van der Waals surface area contributed by atoms with Crippen LogP contribution in [0.4, 0.5) is 4.79 Å². The SMILES string of the molecule is CC(C)(C)[C@H](NC(=O)N[C@H](C(=O)c1nccs1)C1CCCCC1)C(=O)N1CC2[C@@H]([C@H]1C(=O)NC(CC1CC1)C(=O)C(N)=O)C2(C)C. The van der Waals surface area contributed by atoms with Crippen molar-refractivity contribution in [1.29, 1.82) is 0 Å². The van der Waals surface area contributed by atoms with Gasteiger partial charge in [0.1, 0.15) is 12.1 Å². The zero-order chi connectivity index (χ0) is 33.6. The predicted molar refractivity (Wildman–Crippen MR) is 171 cm³/mol. The van der Waals surface area contributed by atoms with Crippen LogP contribution in [0.1, 0.15) is 95.8 Å². The molecule has 5 rings (SSSR count). The van der Waals surface area contributed by atoms with Gasteiger partial charge in [-0.15, -0.1) is 11.3 Å². The summed E-state index contributed by atoms with van der Waals surface area (Å²) >= 11 is 1.23. The number of thiazole rings is 1. The van der Waals surface area contributed by atoms with Crippen molar-refractivity contribution in [3.63, 3.8) is 0 Å². The van der Waals surface area contributed by atoms with Crippen molar-refractivity contribution in [2.24, 2.45) is 40.2 Å². The number of carbonyl (C=O) groups is 6. The second-order valence-electron chi connectivity index (χ2n) is 15.4. The number of rotatable bonds is 12. The molecule has 0 bridgehead atoms. The molecule has 2 heterocycles. The van der Waals surface area contributed by atoms with E-state index in [1.807, 2.05) is 20.8 Å². The first kappa shape index (κ1) is 34.0. The summed E-state index contributed by atoms with van der Waals surface area (Å²) in [5.74, 6) is -2.93. The van der Waals surface area contributed by atoms with Crippen molar-refractivity contribution in [2.75, 3.05) is 6.54 Å². The van der Waals surface area contributed by atoms with Crippen molar-refractivity contribution in [2.45, 2.75) is 110 Å². The van der Waals surface area contributed by atoms with E-state index in [0.29, 0.717) is 18.0 Å². The monoisotopic (exact) mass is 656 g/mol. The minimum atomic E-state index is -1.10. The molecule has 1 saturated heterocycles. The third-order valence-electron chi connectivity index (χ3n) is 10.6. The van der Waals surface area contributed by atoms with Crippen molar-refractivity contribution in [1.82, 2.24) is 25.8 Å². The van der Waals surface area contributed by atoms with Crippen molar-refractivity contribution in [3.05, 3.63) is 16.6 Å². The van der Waals surface area contributed by atoms with Crippen LogP contribution in [0.15, 0.2) is 11.6 Å². The van der Waals surface area contributed by atoms with Crippen molar-refractivity contribution < 1.29 is 28.8 Å². The van der Waals surface area contributed by atoms with E-state index in [4.69, 9.17) is 5.73 Å². The summed E-state index contributed by atoms with van der Waals surface area (Å²) < 4.78 is 0. The molecular weight excluding hydrogens is 608 g/mol. The molecule has 4 aliphatic rings. The molecule has 0 radical (unpaired) electrons. The van der Waals surface area contributed by atoms with Crippen LogP contribution < -0.4 is 21.7 Å². The van der Waals surface area contributed by atoms with Crippen LogP contribution in [0.25, 0.3) is 0 Å². The van der Waals surface area contributed by atoms with Gasteiger partial charge in [-0.3, -0.25) is 24.0 Å². The predicted octanol–water partition coefficient (Wildman–Crippen LogP) is 2.81. The van der Waals surface area contributed by atoms with Gasteiger partial charge in [-0.1, -0.05) is 66.7 Å². The molecule has 13 heteroatoms. The second-order valence-corrected chi connectivity index (χ2v) is 16.2. The Kier molecular flexibility index (Phi) is 9.64. The molecule has 3 aliphatic carbocycles. The molecule has 4 fully saturated rings. The van der Waals surface area contributed by atoms with Gasteiger partial charge in [0.2, 0.25) is 23.4 Å². The minimum absolute atomic E-state index is 0.0348. The van der Waals surface area contributed by atoms with Crippen LogP contribution in [-0.4, -0.2) is 75.9 Å². The number of hydrogen-bond acceptors (Lipinski definition) is 8. The number of nitrogens with zero attached hydrogens (tertiary/aromatic N) is 2. The maximum atomic E-state index is 14.3. The van der Waals surface area contributed by atoms with Crippen LogP contribution in [0.5, 0.6) is 0 Å². The third kappa shape index (κ3) is 7.13. The molecule has 3 saturated carbocycles. The highest BCUT2D eigenvalue weighted by Crippen LogP contribution is 2.65. The Morgan fingerprint density at radius 3 is 2.26 bits per heavy atom. The fraction of sp³-hybridized carbons (Fsp3) is 0.727. The Labute approximate surface area is 274 Å². The summed E-state index contributed by atoms with van der Waals surface area (Å²) in [6.07, 6.45) is 8.40. The van der Waals surface area contributed by atoms with Gasteiger partial charge in [-0.2, -0.15) is 0 Å². The van der Waals surface area contributed by atoms with E-state index in [0.717, 1.165) is 44.9 Å². The molecule has 252 valence electrons. The topological polar surface area (TPSA) is 181 Å². The Morgan fingerprint density at radius 2 is 1.70 bits per heavy atom. The number of aromatic nitrogens is 1. The maximum Gasteiger partial charge on any atom is 0.316 e. The summed E-state index contributed by atoms with van der Waals surface area (Å²) in [5, 5.41) is 10.6. The first-order valence-corrected chi connectivity index (χ1v) is 17.4. The number of carbonyl (C=O) groups excluding carboxylic acids is 6. The van der Waals surface area contributed by atoms with Gasteiger partial charge in [0.15, 0.2) is 5.01 Å². The largest absolute Gasteiger partial charge is 0.363 e. The summed E-state index contributed by atoms with van der Waals surface area (Å²) in [7, 11) is 0. The summed E-state index contributed by atoms with van der Waals surface area (Å²) in [4.78, 5) is 85.4. The summed E-state index contributed by atoms with van der Waals surface area (Å²) in [6, 6.07) is -4.32. The smallest absolute Gasteiger partial charge is 0.316 e. The first-order chi connectivity index (χ1) is 21.6. The zero-order valence-electron chi connectivity index (χ0n) is 27.5. The van der Waals surface area contributed by atoms with Gasteiger partial charge < -0.3 is 26.6 Å². The molecule has 12 nitrogen and oxygen atoms in total. The molecule has 6 atom stereocenters. The molecule has 5 amide bonds. The number of fused-ring (bicyclic) bond motifs is 1. The van der Waals surface area contributed by atoms with Gasteiger partial charge in [0.05, 0.1) is 12.1 Å². The number of hydrogen-bond donors (Lipinski definition) is 4. The number of nitrogens with two attached hydrogens (primary N) is 1. The maximum absolute atomic E-state index is 14.3. The molecule has 0 spiro atoms. The van der Waals surface area contributed by atoms with Gasteiger partial charge in [-0.05, 0) is 53.8 Å². The molecular formula is C33H48N6O6S. The molecule has 5 N–H and O–H groups in total. The third-order valence-corrected chi connectivity index (χ3v) is 11.4. The molecule has 46 heavy (non-hydrogen) atoms. The molecule has 0 aromatic carbocycles. The number of Topliss-reactive ketones (excluding diaryl/α,β-unsaturated/α-hetero) is 2. The number of primary amides is 1. The highest BCUT2D eigenvalue weighted by Gasteiger charge is 2.70. The number of piperidine rings is 1. The van der Waals surface area contributed by atoms with E-state index in [1.165, 1.54) is 16.2 Å². The average molecular weight is 657 g/mol. The number of urea groups is 1. The highest BCUT2D eigenvalue weighted by atomic mass is 32.1. The van der Waals surface area contributed by atoms with Gasteiger partial charge in [0.25, 0.3) is 5.91 Å². The van der Waals surface area contributed by atoms with Crippen LogP contribution in [-0.2, 0) is 19.2 Å². The highest BCUT2D eigenvalue weighted by molar-refractivity contribution is 7.11. The summed E-state index contributed by atoms with van der Waals surface area (Å²) in [6.45, 7) is 9.94. The normalized spacial score (nSPS) is 25.8. The molecule has 1 aromatic rings. The van der Waals surface area contributed by atoms with E-state index in [9.17, 15) is 28.8 Å². The van der Waals surface area contributed by atoms with Crippen LogP contribution >= 0.6 is 11.3 Å². The lowest BCUT2D eigenvalue weighted by atomic mass is 9.82. The molecule has 1 aliphatic heterocycles. The van der Waals surface area contributed by atoms with Gasteiger partial charge >= 0.3 is 6.03 Å². The minimum Gasteiger partial charge on any atom is -0.363 e.